The second-order valence-corrected chi connectivity index (χ2v) is 5.80. The van der Waals surface area contributed by atoms with E-state index in [2.05, 4.69) is 20.2 Å². The summed E-state index contributed by atoms with van der Waals surface area (Å²) in [6.45, 7) is -0.516. The van der Waals surface area contributed by atoms with Crippen LogP contribution in [0.3, 0.4) is 0 Å². The Morgan fingerprint density at radius 1 is 1.38 bits per heavy atom. The number of carbonyl (C=O) groups excluding carboxylic acids is 1. The molecule has 1 aromatic carbocycles. The van der Waals surface area contributed by atoms with E-state index >= 15 is 0 Å². The summed E-state index contributed by atoms with van der Waals surface area (Å²) in [6, 6.07) is 3.15. The summed E-state index contributed by atoms with van der Waals surface area (Å²) in [4.78, 5) is 24.1. The third-order valence-electron chi connectivity index (χ3n) is 3.92. The molecule has 0 unspecified atom stereocenters. The van der Waals surface area contributed by atoms with Gasteiger partial charge in [-0.1, -0.05) is 6.42 Å². The van der Waals surface area contributed by atoms with E-state index in [-0.39, 0.29) is 29.3 Å². The molecule has 142 valence electrons. The quantitative estimate of drug-likeness (QED) is 0.431. The van der Waals surface area contributed by atoms with Crippen LogP contribution in [0.1, 0.15) is 31.2 Å². The van der Waals surface area contributed by atoms with Crippen LogP contribution >= 0.6 is 0 Å². The predicted octanol–water partition coefficient (Wildman–Crippen LogP) is 2.52. The van der Waals surface area contributed by atoms with Gasteiger partial charge in [0, 0.05) is 30.7 Å². The van der Waals surface area contributed by atoms with Crippen molar-refractivity contribution in [1.29, 1.82) is 0 Å². The highest BCUT2D eigenvalue weighted by Gasteiger charge is 2.14. The molecule has 1 aromatic rings. The van der Waals surface area contributed by atoms with Gasteiger partial charge in [0.05, 0.1) is 11.1 Å². The maximum absolute atomic E-state index is 12.4. The van der Waals surface area contributed by atoms with Crippen LogP contribution in [-0.2, 0) is 4.79 Å². The number of carbonyl (C=O) groups is 1. The standard InChI is InChI=1S/C16H20F2N4O4/c17-16(18)26-14-5-4-13(22(24)25)10-12(14)11-19-20-15(23)6-9-21-7-2-1-3-8-21/h4-5,10-11,16H,1-3,6-9H2,(H,20,23)/b19-11-. The number of nitro benzene ring substituents is 1. The van der Waals surface area contributed by atoms with Crippen LogP contribution in [0.5, 0.6) is 5.75 Å². The van der Waals surface area contributed by atoms with Gasteiger partial charge in [0.1, 0.15) is 5.75 Å². The number of alkyl halides is 2. The lowest BCUT2D eigenvalue weighted by atomic mass is 10.1. The molecule has 0 atom stereocenters. The Kier molecular flexibility index (Phi) is 7.39. The van der Waals surface area contributed by atoms with Gasteiger partial charge in [0.2, 0.25) is 5.91 Å². The molecule has 0 radical (unpaired) electrons. The molecule has 0 aliphatic carbocycles. The number of nitro groups is 1. The lowest BCUT2D eigenvalue weighted by molar-refractivity contribution is -0.384. The minimum absolute atomic E-state index is 0.0316. The fourth-order valence-corrected chi connectivity index (χ4v) is 2.63. The first-order chi connectivity index (χ1) is 12.5. The lowest BCUT2D eigenvalue weighted by Crippen LogP contribution is -2.33. The summed E-state index contributed by atoms with van der Waals surface area (Å²) in [7, 11) is 0. The van der Waals surface area contributed by atoms with Gasteiger partial charge in [-0.05, 0) is 32.0 Å². The minimum Gasteiger partial charge on any atom is -0.434 e. The molecule has 0 spiro atoms. The molecule has 1 heterocycles. The van der Waals surface area contributed by atoms with Crippen LogP contribution < -0.4 is 10.2 Å². The van der Waals surface area contributed by atoms with Crippen molar-refractivity contribution in [2.45, 2.75) is 32.3 Å². The number of rotatable bonds is 8. The monoisotopic (exact) mass is 370 g/mol. The number of nitrogens with one attached hydrogen (secondary N) is 1. The lowest BCUT2D eigenvalue weighted by Gasteiger charge is -2.25. The molecule has 1 aliphatic rings. The molecule has 1 fully saturated rings. The summed E-state index contributed by atoms with van der Waals surface area (Å²) >= 11 is 0. The van der Waals surface area contributed by atoms with E-state index < -0.39 is 11.5 Å². The molecule has 0 aromatic heterocycles. The molecule has 2 rings (SSSR count). The van der Waals surface area contributed by atoms with Crippen LogP contribution in [0.25, 0.3) is 0 Å². The van der Waals surface area contributed by atoms with Gasteiger partial charge in [-0.15, -0.1) is 0 Å². The highest BCUT2D eigenvalue weighted by atomic mass is 19.3. The van der Waals surface area contributed by atoms with Crippen LogP contribution in [0.15, 0.2) is 23.3 Å². The zero-order chi connectivity index (χ0) is 18.9. The molecule has 1 amide bonds. The van der Waals surface area contributed by atoms with E-state index in [1.54, 1.807) is 0 Å². The van der Waals surface area contributed by atoms with Gasteiger partial charge in [0.15, 0.2) is 0 Å². The van der Waals surface area contributed by atoms with Crippen LogP contribution in [0, 0.1) is 10.1 Å². The second kappa shape index (κ2) is 9.76. The normalized spacial score (nSPS) is 15.3. The van der Waals surface area contributed by atoms with Gasteiger partial charge in [-0.25, -0.2) is 5.43 Å². The molecule has 0 saturated carbocycles. The summed E-state index contributed by atoms with van der Waals surface area (Å²) in [5, 5.41) is 14.5. The topological polar surface area (TPSA) is 97.1 Å². The largest absolute Gasteiger partial charge is 0.434 e. The summed E-state index contributed by atoms with van der Waals surface area (Å²) < 4.78 is 29.1. The predicted molar refractivity (Wildman–Crippen MR) is 90.4 cm³/mol. The highest BCUT2D eigenvalue weighted by Crippen LogP contribution is 2.24. The number of non-ortho nitro benzene ring substituents is 1. The molecule has 1 aliphatic heterocycles. The first kappa shape index (κ1) is 19.7. The van der Waals surface area contributed by atoms with E-state index in [1.807, 2.05) is 0 Å². The summed E-state index contributed by atoms with van der Waals surface area (Å²) in [5.74, 6) is -0.592. The molecule has 1 saturated heterocycles. The van der Waals surface area contributed by atoms with Crippen molar-refractivity contribution in [2.75, 3.05) is 19.6 Å². The average Bonchev–Trinajstić information content (AvgIpc) is 2.61. The van der Waals surface area contributed by atoms with E-state index in [1.165, 1.54) is 6.42 Å². The zero-order valence-electron chi connectivity index (χ0n) is 14.1. The van der Waals surface area contributed by atoms with Gasteiger partial charge < -0.3 is 9.64 Å². The molecular weight excluding hydrogens is 350 g/mol. The zero-order valence-corrected chi connectivity index (χ0v) is 14.1. The fraction of sp³-hybridized carbons (Fsp3) is 0.500. The van der Waals surface area contributed by atoms with Crippen molar-refractivity contribution in [3.63, 3.8) is 0 Å². The number of hydrogen-bond acceptors (Lipinski definition) is 6. The third-order valence-corrected chi connectivity index (χ3v) is 3.92. The molecule has 1 N–H and O–H groups in total. The maximum atomic E-state index is 12.4. The third kappa shape index (κ3) is 6.36. The van der Waals surface area contributed by atoms with Crippen LogP contribution in [-0.4, -0.2) is 48.2 Å². The van der Waals surface area contributed by atoms with Crippen molar-refractivity contribution < 1.29 is 23.2 Å². The van der Waals surface area contributed by atoms with Crippen LogP contribution in [0.4, 0.5) is 14.5 Å². The van der Waals surface area contributed by atoms with Gasteiger partial charge in [0.25, 0.3) is 5.69 Å². The van der Waals surface area contributed by atoms with Crippen molar-refractivity contribution in [2.24, 2.45) is 5.10 Å². The number of nitrogens with zero attached hydrogens (tertiary/aromatic N) is 3. The van der Waals surface area contributed by atoms with E-state index in [9.17, 15) is 23.7 Å². The second-order valence-electron chi connectivity index (χ2n) is 5.80. The molecule has 10 heteroatoms. The SMILES string of the molecule is O=C(CCN1CCCCC1)N/N=C\c1cc([N+](=O)[O-])ccc1OC(F)F. The Morgan fingerprint density at radius 2 is 2.12 bits per heavy atom. The number of benzene rings is 1. The van der Waals surface area contributed by atoms with Gasteiger partial charge in [-0.3, -0.25) is 14.9 Å². The number of amides is 1. The number of halogens is 2. The first-order valence-corrected chi connectivity index (χ1v) is 8.23. The molecule has 0 bridgehead atoms. The summed E-state index contributed by atoms with van der Waals surface area (Å²) in [5.41, 5.74) is 1.96. The minimum atomic E-state index is -3.08. The number of piperidine rings is 1. The van der Waals surface area contributed by atoms with E-state index in [0.29, 0.717) is 6.54 Å². The first-order valence-electron chi connectivity index (χ1n) is 8.23. The molecular formula is C16H20F2N4O4. The number of likely N-dealkylation sites (tertiary alicyclic amines) is 1. The van der Waals surface area contributed by atoms with Crippen molar-refractivity contribution in [1.82, 2.24) is 10.3 Å². The smallest absolute Gasteiger partial charge is 0.387 e. The van der Waals surface area contributed by atoms with Gasteiger partial charge in [-0.2, -0.15) is 13.9 Å². The van der Waals surface area contributed by atoms with E-state index in [4.69, 9.17) is 0 Å². The Bertz CT molecular complexity index is 664. The Balaban J connectivity index is 1.93. The Morgan fingerprint density at radius 3 is 2.77 bits per heavy atom. The number of hydrogen-bond donors (Lipinski definition) is 1. The van der Waals surface area contributed by atoms with E-state index in [0.717, 1.165) is 50.3 Å². The number of hydrazone groups is 1. The highest BCUT2D eigenvalue weighted by molar-refractivity contribution is 5.86. The average molecular weight is 370 g/mol. The van der Waals surface area contributed by atoms with Crippen molar-refractivity contribution >= 4 is 17.8 Å². The van der Waals surface area contributed by atoms with Gasteiger partial charge >= 0.3 is 6.61 Å². The fourth-order valence-electron chi connectivity index (χ4n) is 2.63. The Labute approximate surface area is 149 Å². The maximum Gasteiger partial charge on any atom is 0.387 e. The Hall–Kier alpha value is -2.62. The molecule has 26 heavy (non-hydrogen) atoms. The van der Waals surface area contributed by atoms with Crippen LogP contribution in [0.2, 0.25) is 0 Å². The number of ether oxygens (including phenoxy) is 1. The van der Waals surface area contributed by atoms with Crippen molar-refractivity contribution in [3.05, 3.63) is 33.9 Å². The summed E-state index contributed by atoms with van der Waals surface area (Å²) in [6.07, 6.45) is 4.76. The molecule has 8 nitrogen and oxygen atoms in total. The van der Waals surface area contributed by atoms with Crippen molar-refractivity contribution in [3.8, 4) is 5.75 Å².